The summed E-state index contributed by atoms with van der Waals surface area (Å²) in [5.41, 5.74) is 0.710. The highest BCUT2D eigenvalue weighted by atomic mass is 31.2. The van der Waals surface area contributed by atoms with Gasteiger partial charge in [0.2, 0.25) is 0 Å². The number of nitrogens with zero attached hydrogens (tertiary/aromatic N) is 1. The van der Waals surface area contributed by atoms with Crippen LogP contribution in [0.1, 0.15) is 39.5 Å². The van der Waals surface area contributed by atoms with Crippen LogP contribution in [0.4, 0.5) is 0 Å². The van der Waals surface area contributed by atoms with E-state index in [1.165, 1.54) is 32.2 Å². The van der Waals surface area contributed by atoms with Gasteiger partial charge in [0, 0.05) is 24.2 Å². The van der Waals surface area contributed by atoms with E-state index in [1.807, 2.05) is 0 Å². The van der Waals surface area contributed by atoms with Crippen LogP contribution in [0.5, 0.6) is 0 Å². The maximum Gasteiger partial charge on any atom is 0.107 e. The fraction of sp³-hybridized carbons (Fsp3) is 1.00. The van der Waals surface area contributed by atoms with Crippen LogP contribution < -0.4 is 0 Å². The maximum absolute atomic E-state index is 6.11. The first kappa shape index (κ1) is 10.5. The minimum absolute atomic E-state index is 0.263. The van der Waals surface area contributed by atoms with Crippen molar-refractivity contribution in [2.24, 2.45) is 11.8 Å². The van der Waals surface area contributed by atoms with Gasteiger partial charge in [0.15, 0.2) is 0 Å². The third kappa shape index (κ3) is 1.66. The largest absolute Gasteiger partial charge is 0.343 e. The Bertz CT molecular complexity index is 246. The first-order chi connectivity index (χ1) is 7.27. The van der Waals surface area contributed by atoms with Crippen molar-refractivity contribution in [1.29, 1.82) is 0 Å². The molecule has 3 unspecified atom stereocenters. The van der Waals surface area contributed by atoms with Gasteiger partial charge in [-0.3, -0.25) is 4.67 Å². The van der Waals surface area contributed by atoms with Gasteiger partial charge in [0.05, 0.1) is 6.61 Å². The second-order valence-corrected chi connectivity index (χ2v) is 8.00. The zero-order valence-electron chi connectivity index (χ0n) is 9.85. The molecule has 2 aliphatic heterocycles. The lowest BCUT2D eigenvalue weighted by Crippen LogP contribution is -2.32. The monoisotopic (exact) mass is 227 g/mol. The van der Waals surface area contributed by atoms with Crippen molar-refractivity contribution >= 4 is 8.30 Å². The summed E-state index contributed by atoms with van der Waals surface area (Å²) >= 11 is 0. The van der Waals surface area contributed by atoms with Crippen LogP contribution in [0.3, 0.4) is 0 Å². The lowest BCUT2D eigenvalue weighted by molar-refractivity contribution is 0.205. The minimum Gasteiger partial charge on any atom is -0.343 e. The molecular weight excluding hydrogens is 205 g/mol. The summed E-state index contributed by atoms with van der Waals surface area (Å²) in [6, 6.07) is 0.889. The zero-order chi connectivity index (χ0) is 10.4. The smallest absolute Gasteiger partial charge is 0.107 e. The molecule has 0 amide bonds. The molecule has 86 valence electrons. The first-order valence-electron chi connectivity index (χ1n) is 6.46. The van der Waals surface area contributed by atoms with Gasteiger partial charge in [-0.05, 0) is 18.8 Å². The Morgan fingerprint density at radius 1 is 1.27 bits per heavy atom. The lowest BCUT2D eigenvalue weighted by atomic mass is 9.80. The van der Waals surface area contributed by atoms with Crippen LogP contribution in [0, 0.1) is 11.8 Å². The van der Waals surface area contributed by atoms with Crippen LogP contribution in [0.2, 0.25) is 0 Å². The Morgan fingerprint density at radius 3 is 2.87 bits per heavy atom. The Balaban J connectivity index is 1.81. The number of hydrogen-bond donors (Lipinski definition) is 0. The van der Waals surface area contributed by atoms with E-state index < -0.39 is 0 Å². The second-order valence-electron chi connectivity index (χ2n) is 5.59. The van der Waals surface area contributed by atoms with E-state index in [0.717, 1.165) is 24.5 Å². The summed E-state index contributed by atoms with van der Waals surface area (Å²) in [4.78, 5) is 0. The average Bonchev–Trinajstić information content (AvgIpc) is 2.54. The van der Waals surface area contributed by atoms with Gasteiger partial charge in [-0.2, -0.15) is 0 Å². The Hall–Kier alpha value is 0.350. The molecule has 0 aromatic heterocycles. The van der Waals surface area contributed by atoms with Crippen molar-refractivity contribution in [3.8, 4) is 0 Å². The summed E-state index contributed by atoms with van der Waals surface area (Å²) in [5, 5.41) is 0. The van der Waals surface area contributed by atoms with Crippen molar-refractivity contribution in [3.05, 3.63) is 0 Å². The van der Waals surface area contributed by atoms with E-state index in [4.69, 9.17) is 4.52 Å². The molecule has 2 saturated heterocycles. The minimum atomic E-state index is -0.263. The van der Waals surface area contributed by atoms with Gasteiger partial charge in [-0.15, -0.1) is 0 Å². The van der Waals surface area contributed by atoms with Crippen molar-refractivity contribution in [3.63, 3.8) is 0 Å². The molecule has 2 nitrogen and oxygen atoms in total. The predicted molar refractivity (Wildman–Crippen MR) is 64.0 cm³/mol. The summed E-state index contributed by atoms with van der Waals surface area (Å²) in [6.45, 7) is 7.05. The first-order valence-corrected chi connectivity index (χ1v) is 7.74. The van der Waals surface area contributed by atoms with Crippen LogP contribution in [0.25, 0.3) is 0 Å². The fourth-order valence-corrected chi connectivity index (χ4v) is 6.00. The zero-order valence-corrected chi connectivity index (χ0v) is 10.7. The molecule has 2 bridgehead atoms. The van der Waals surface area contributed by atoms with Crippen LogP contribution >= 0.6 is 8.30 Å². The van der Waals surface area contributed by atoms with E-state index in [0.29, 0.717) is 5.66 Å². The molecule has 0 aromatic rings. The number of fused-ring (bicyclic) bond motifs is 5. The number of hydrogen-bond acceptors (Lipinski definition) is 2. The van der Waals surface area contributed by atoms with E-state index in [2.05, 4.69) is 18.5 Å². The molecule has 0 aromatic carbocycles. The summed E-state index contributed by atoms with van der Waals surface area (Å²) in [6.07, 6.45) is 5.82. The molecule has 2 heterocycles. The molecule has 15 heavy (non-hydrogen) atoms. The molecule has 3 rings (SSSR count). The molecule has 0 spiro atoms. The van der Waals surface area contributed by atoms with Crippen molar-refractivity contribution in [2.75, 3.05) is 13.2 Å². The molecule has 3 aliphatic rings. The van der Waals surface area contributed by atoms with Gasteiger partial charge in [-0.1, -0.05) is 26.7 Å². The third-order valence-electron chi connectivity index (χ3n) is 4.31. The second kappa shape index (κ2) is 3.98. The predicted octanol–water partition coefficient (Wildman–Crippen LogP) is 3.23. The molecule has 5 atom stereocenters. The van der Waals surface area contributed by atoms with E-state index in [1.54, 1.807) is 0 Å². The molecule has 0 radical (unpaired) electrons. The van der Waals surface area contributed by atoms with Crippen molar-refractivity contribution in [1.82, 2.24) is 4.67 Å². The van der Waals surface area contributed by atoms with E-state index in [-0.39, 0.29) is 8.30 Å². The summed E-state index contributed by atoms with van der Waals surface area (Å²) in [7, 11) is -0.263. The highest BCUT2D eigenvalue weighted by molar-refractivity contribution is 7.50. The Kier molecular flexibility index (Phi) is 2.79. The number of rotatable bonds is 1. The van der Waals surface area contributed by atoms with Crippen LogP contribution in [0.15, 0.2) is 0 Å². The quantitative estimate of drug-likeness (QED) is 0.638. The molecule has 1 saturated carbocycles. The van der Waals surface area contributed by atoms with E-state index in [9.17, 15) is 0 Å². The standard InChI is InChI=1S/C12H22NOP/c1-9(2)15-13-7-10(8-14-15)11-5-3-4-6-12(11)13/h9-12H,3-8H2,1-2H3/t10-,11+,12?,15?/m1/s1. The van der Waals surface area contributed by atoms with Gasteiger partial charge >= 0.3 is 0 Å². The summed E-state index contributed by atoms with van der Waals surface area (Å²) in [5.74, 6) is 1.85. The van der Waals surface area contributed by atoms with Crippen LogP contribution in [-0.2, 0) is 4.52 Å². The Labute approximate surface area is 94.3 Å². The normalized spacial score (nSPS) is 49.4. The van der Waals surface area contributed by atoms with Gasteiger partial charge in [0.1, 0.15) is 8.30 Å². The Morgan fingerprint density at radius 2 is 2.07 bits per heavy atom. The molecule has 0 N–H and O–H groups in total. The van der Waals surface area contributed by atoms with E-state index >= 15 is 0 Å². The molecule has 1 aliphatic carbocycles. The maximum atomic E-state index is 6.11. The lowest BCUT2D eigenvalue weighted by Gasteiger charge is -2.37. The SMILES string of the molecule is CC(C)P1OC[C@H]2CN1C1CCCC[C@H]12. The van der Waals surface area contributed by atoms with Crippen molar-refractivity contribution in [2.45, 2.75) is 51.2 Å². The van der Waals surface area contributed by atoms with Gasteiger partial charge in [0.25, 0.3) is 0 Å². The van der Waals surface area contributed by atoms with Crippen LogP contribution in [-0.4, -0.2) is 29.5 Å². The highest BCUT2D eigenvalue weighted by Gasteiger charge is 2.49. The average molecular weight is 227 g/mol. The third-order valence-corrected chi connectivity index (χ3v) is 6.57. The van der Waals surface area contributed by atoms with Gasteiger partial charge in [-0.25, -0.2) is 0 Å². The molecular formula is C12H22NOP. The fourth-order valence-electron chi connectivity index (χ4n) is 3.67. The molecule has 3 heteroatoms. The van der Waals surface area contributed by atoms with Crippen molar-refractivity contribution < 1.29 is 4.52 Å². The molecule has 3 fully saturated rings. The highest BCUT2D eigenvalue weighted by Crippen LogP contribution is 2.59. The summed E-state index contributed by atoms with van der Waals surface area (Å²) < 4.78 is 8.86. The van der Waals surface area contributed by atoms with Gasteiger partial charge < -0.3 is 4.52 Å². The topological polar surface area (TPSA) is 12.5 Å².